The Hall–Kier alpha value is -1.65. The molecule has 0 aliphatic carbocycles. The molecule has 1 aromatic rings. The van der Waals surface area contributed by atoms with Gasteiger partial charge in [0.1, 0.15) is 5.69 Å². The standard InChI is InChI=1S/C12H17FN2O2/c1-4-14(8-9(2)3)11-7-5-6-10(13)12(11)15(16)17/h5-7,9H,4,8H2,1-3H3. The lowest BCUT2D eigenvalue weighted by molar-refractivity contribution is -0.386. The quantitative estimate of drug-likeness (QED) is 0.586. The van der Waals surface area contributed by atoms with Crippen molar-refractivity contribution in [2.45, 2.75) is 20.8 Å². The van der Waals surface area contributed by atoms with E-state index in [1.54, 1.807) is 6.07 Å². The van der Waals surface area contributed by atoms with Crippen LogP contribution in [0.2, 0.25) is 0 Å². The Balaban J connectivity index is 3.18. The van der Waals surface area contributed by atoms with E-state index in [-0.39, 0.29) is 0 Å². The minimum Gasteiger partial charge on any atom is -0.366 e. The van der Waals surface area contributed by atoms with Crippen LogP contribution >= 0.6 is 0 Å². The molecule has 0 radical (unpaired) electrons. The number of nitrogens with zero attached hydrogens (tertiary/aromatic N) is 2. The highest BCUT2D eigenvalue weighted by molar-refractivity contribution is 5.63. The summed E-state index contributed by atoms with van der Waals surface area (Å²) < 4.78 is 13.5. The molecular formula is C12H17FN2O2. The Morgan fingerprint density at radius 3 is 2.59 bits per heavy atom. The summed E-state index contributed by atoms with van der Waals surface area (Å²) in [5.74, 6) is -0.424. The van der Waals surface area contributed by atoms with Crippen LogP contribution in [0.25, 0.3) is 0 Å². The van der Waals surface area contributed by atoms with Crippen molar-refractivity contribution in [3.05, 3.63) is 34.1 Å². The zero-order valence-corrected chi connectivity index (χ0v) is 10.3. The molecule has 0 amide bonds. The maximum absolute atomic E-state index is 13.5. The van der Waals surface area contributed by atoms with Crippen LogP contribution in [0.5, 0.6) is 0 Å². The monoisotopic (exact) mass is 240 g/mol. The fourth-order valence-electron chi connectivity index (χ4n) is 1.78. The second-order valence-electron chi connectivity index (χ2n) is 4.30. The first-order valence-electron chi connectivity index (χ1n) is 5.65. The molecule has 0 heterocycles. The fraction of sp³-hybridized carbons (Fsp3) is 0.500. The summed E-state index contributed by atoms with van der Waals surface area (Å²) in [6.07, 6.45) is 0. The van der Waals surface area contributed by atoms with Crippen molar-refractivity contribution in [3.63, 3.8) is 0 Å². The molecule has 0 N–H and O–H groups in total. The topological polar surface area (TPSA) is 46.4 Å². The van der Waals surface area contributed by atoms with Gasteiger partial charge < -0.3 is 4.90 Å². The molecular weight excluding hydrogens is 223 g/mol. The first-order chi connectivity index (χ1) is 7.97. The van der Waals surface area contributed by atoms with Crippen LogP contribution in [-0.4, -0.2) is 18.0 Å². The van der Waals surface area contributed by atoms with E-state index >= 15 is 0 Å². The number of benzene rings is 1. The predicted molar refractivity (Wildman–Crippen MR) is 65.8 cm³/mol. The van der Waals surface area contributed by atoms with Gasteiger partial charge in [-0.1, -0.05) is 19.9 Å². The smallest absolute Gasteiger partial charge is 0.327 e. The number of nitro benzene ring substituents is 1. The summed E-state index contributed by atoms with van der Waals surface area (Å²) >= 11 is 0. The molecule has 4 nitrogen and oxygen atoms in total. The summed E-state index contributed by atoms with van der Waals surface area (Å²) in [5.41, 5.74) is -0.0822. The van der Waals surface area contributed by atoms with Gasteiger partial charge >= 0.3 is 5.69 Å². The summed E-state index contributed by atoms with van der Waals surface area (Å²) in [5, 5.41) is 10.9. The van der Waals surface area contributed by atoms with Crippen LogP contribution in [-0.2, 0) is 0 Å². The fourth-order valence-corrected chi connectivity index (χ4v) is 1.78. The molecule has 0 unspecified atom stereocenters. The lowest BCUT2D eigenvalue weighted by Gasteiger charge is -2.24. The van der Waals surface area contributed by atoms with E-state index in [4.69, 9.17) is 0 Å². The van der Waals surface area contributed by atoms with Crippen molar-refractivity contribution in [3.8, 4) is 0 Å². The van der Waals surface area contributed by atoms with Crippen LogP contribution in [0.3, 0.4) is 0 Å². The van der Waals surface area contributed by atoms with E-state index in [9.17, 15) is 14.5 Å². The van der Waals surface area contributed by atoms with Gasteiger partial charge in [0.2, 0.25) is 5.82 Å². The molecule has 0 fully saturated rings. The summed E-state index contributed by atoms with van der Waals surface area (Å²) in [7, 11) is 0. The van der Waals surface area contributed by atoms with Gasteiger partial charge in [-0.3, -0.25) is 10.1 Å². The number of hydrogen-bond acceptors (Lipinski definition) is 3. The van der Waals surface area contributed by atoms with Crippen molar-refractivity contribution in [1.29, 1.82) is 0 Å². The molecule has 0 aromatic heterocycles. The number of nitro groups is 1. The lowest BCUT2D eigenvalue weighted by atomic mass is 10.1. The van der Waals surface area contributed by atoms with Crippen LogP contribution < -0.4 is 4.90 Å². The molecule has 0 saturated carbocycles. The maximum Gasteiger partial charge on any atom is 0.327 e. The van der Waals surface area contributed by atoms with E-state index in [2.05, 4.69) is 0 Å². The molecule has 0 spiro atoms. The zero-order chi connectivity index (χ0) is 13.0. The Labute approximate surface area is 100 Å². The van der Waals surface area contributed by atoms with Crippen molar-refractivity contribution in [1.82, 2.24) is 0 Å². The van der Waals surface area contributed by atoms with Crippen LogP contribution in [0, 0.1) is 21.8 Å². The molecule has 94 valence electrons. The van der Waals surface area contributed by atoms with E-state index in [0.717, 1.165) is 6.07 Å². The molecule has 1 aromatic carbocycles. The normalized spacial score (nSPS) is 10.6. The Morgan fingerprint density at radius 1 is 1.47 bits per heavy atom. The Bertz CT molecular complexity index is 407. The van der Waals surface area contributed by atoms with Crippen molar-refractivity contribution >= 4 is 11.4 Å². The van der Waals surface area contributed by atoms with E-state index in [1.165, 1.54) is 6.07 Å². The van der Waals surface area contributed by atoms with Gasteiger partial charge in [0.25, 0.3) is 0 Å². The van der Waals surface area contributed by atoms with Crippen LogP contribution in [0.15, 0.2) is 18.2 Å². The van der Waals surface area contributed by atoms with Crippen LogP contribution in [0.1, 0.15) is 20.8 Å². The highest BCUT2D eigenvalue weighted by Gasteiger charge is 2.23. The minimum atomic E-state index is -0.783. The number of rotatable bonds is 5. The third-order valence-corrected chi connectivity index (χ3v) is 2.46. The lowest BCUT2D eigenvalue weighted by Crippen LogP contribution is -2.28. The largest absolute Gasteiger partial charge is 0.366 e. The van der Waals surface area contributed by atoms with E-state index in [1.807, 2.05) is 25.7 Å². The highest BCUT2D eigenvalue weighted by atomic mass is 19.1. The minimum absolute atomic E-state index is 0.353. The van der Waals surface area contributed by atoms with E-state index in [0.29, 0.717) is 24.7 Å². The molecule has 0 saturated heterocycles. The second-order valence-corrected chi connectivity index (χ2v) is 4.30. The first-order valence-corrected chi connectivity index (χ1v) is 5.65. The number of anilines is 1. The van der Waals surface area contributed by atoms with E-state index < -0.39 is 16.4 Å². The third kappa shape index (κ3) is 3.15. The molecule has 1 rings (SSSR count). The number of hydrogen-bond donors (Lipinski definition) is 0. The molecule has 5 heteroatoms. The predicted octanol–water partition coefficient (Wildman–Crippen LogP) is 3.22. The van der Waals surface area contributed by atoms with Crippen LogP contribution in [0.4, 0.5) is 15.8 Å². The summed E-state index contributed by atoms with van der Waals surface area (Å²) in [6.45, 7) is 7.22. The first kappa shape index (κ1) is 13.4. The third-order valence-electron chi connectivity index (χ3n) is 2.46. The molecule has 0 atom stereocenters. The Kier molecular flexibility index (Phi) is 4.43. The Morgan fingerprint density at radius 2 is 2.12 bits per heavy atom. The highest BCUT2D eigenvalue weighted by Crippen LogP contribution is 2.30. The van der Waals surface area contributed by atoms with Gasteiger partial charge in [0, 0.05) is 13.1 Å². The van der Waals surface area contributed by atoms with Crippen molar-refractivity contribution in [2.24, 2.45) is 5.92 Å². The zero-order valence-electron chi connectivity index (χ0n) is 10.3. The molecule has 0 aliphatic rings. The average Bonchev–Trinajstić information content (AvgIpc) is 2.24. The van der Waals surface area contributed by atoms with Gasteiger partial charge in [0.15, 0.2) is 0 Å². The average molecular weight is 240 g/mol. The van der Waals surface area contributed by atoms with Crippen molar-refractivity contribution < 1.29 is 9.31 Å². The molecule has 17 heavy (non-hydrogen) atoms. The summed E-state index contributed by atoms with van der Waals surface area (Å²) in [4.78, 5) is 12.1. The van der Waals surface area contributed by atoms with Crippen molar-refractivity contribution in [2.75, 3.05) is 18.0 Å². The van der Waals surface area contributed by atoms with Gasteiger partial charge in [-0.15, -0.1) is 0 Å². The summed E-state index contributed by atoms with van der Waals surface area (Å²) in [6, 6.07) is 4.21. The van der Waals surface area contributed by atoms with Gasteiger partial charge in [-0.2, -0.15) is 4.39 Å². The number of para-hydroxylation sites is 1. The van der Waals surface area contributed by atoms with Gasteiger partial charge in [-0.25, -0.2) is 0 Å². The van der Waals surface area contributed by atoms with Gasteiger partial charge in [-0.05, 0) is 25.0 Å². The second kappa shape index (κ2) is 5.61. The molecule has 0 aliphatic heterocycles. The number of halogens is 1. The maximum atomic E-state index is 13.5. The SMILES string of the molecule is CCN(CC(C)C)c1cccc(F)c1[N+](=O)[O-]. The molecule has 0 bridgehead atoms. The van der Waals surface area contributed by atoms with Gasteiger partial charge in [0.05, 0.1) is 4.92 Å².